The Bertz CT molecular complexity index is 467. The molecule has 3 nitrogen and oxygen atoms in total. The van der Waals surface area contributed by atoms with Crippen LogP contribution in [0.25, 0.3) is 5.52 Å². The summed E-state index contributed by atoms with van der Waals surface area (Å²) < 4.78 is 1.81. The molecule has 0 saturated carbocycles. The van der Waals surface area contributed by atoms with Crippen LogP contribution >= 0.6 is 0 Å². The maximum atomic E-state index is 8.60. The summed E-state index contributed by atoms with van der Waals surface area (Å²) in [5.41, 5.74) is 2.64. The van der Waals surface area contributed by atoms with E-state index >= 15 is 0 Å². The Morgan fingerprint density at radius 2 is 2.33 bits per heavy atom. The molecule has 2 aromatic heterocycles. The van der Waals surface area contributed by atoms with Gasteiger partial charge in [-0.05, 0) is 23.8 Å². The number of fused-ring (bicyclic) bond motifs is 1. The summed E-state index contributed by atoms with van der Waals surface area (Å²) in [5, 5.41) is 12.7. The van der Waals surface area contributed by atoms with E-state index in [1.807, 2.05) is 26.0 Å². The summed E-state index contributed by atoms with van der Waals surface area (Å²) in [6.07, 6.45) is 1.57. The van der Waals surface area contributed by atoms with Gasteiger partial charge in [-0.25, -0.2) is 4.52 Å². The van der Waals surface area contributed by atoms with Gasteiger partial charge in [0, 0.05) is 0 Å². The van der Waals surface area contributed by atoms with E-state index in [-0.39, 0.29) is 0 Å². The molecule has 0 aromatic carbocycles. The van der Waals surface area contributed by atoms with E-state index in [1.165, 1.54) is 0 Å². The van der Waals surface area contributed by atoms with E-state index in [0.29, 0.717) is 5.56 Å². The van der Waals surface area contributed by atoms with E-state index in [1.54, 1.807) is 10.7 Å². The molecule has 2 rings (SSSR count). The lowest BCUT2D eigenvalue weighted by atomic mass is 10.1. The predicted octanol–water partition coefficient (Wildman–Crippen LogP) is -0.536. The highest BCUT2D eigenvalue weighted by molar-refractivity contribution is 6.31. The fourth-order valence-corrected chi connectivity index (χ4v) is 1.20. The van der Waals surface area contributed by atoms with E-state index < -0.39 is 0 Å². The maximum absolute atomic E-state index is 8.60. The predicted molar refractivity (Wildman–Crippen MR) is 48.1 cm³/mol. The molecular formula is C8H6BN3. The van der Waals surface area contributed by atoms with Gasteiger partial charge in [-0.1, -0.05) is 0 Å². The molecule has 0 atom stereocenters. The van der Waals surface area contributed by atoms with Crippen LogP contribution in [-0.2, 0) is 0 Å². The van der Waals surface area contributed by atoms with Gasteiger partial charge in [-0.2, -0.15) is 10.4 Å². The van der Waals surface area contributed by atoms with Crippen LogP contribution in [0.2, 0.25) is 0 Å². The van der Waals surface area contributed by atoms with Gasteiger partial charge in [0.15, 0.2) is 7.85 Å². The van der Waals surface area contributed by atoms with Crippen LogP contribution in [0, 0.1) is 11.3 Å². The third-order valence-electron chi connectivity index (χ3n) is 1.82. The first-order valence-corrected chi connectivity index (χ1v) is 3.66. The molecule has 12 heavy (non-hydrogen) atoms. The molecule has 4 heteroatoms. The lowest BCUT2D eigenvalue weighted by Gasteiger charge is -1.95. The average molecular weight is 155 g/mol. The lowest BCUT2D eigenvalue weighted by Crippen LogP contribution is -2.11. The summed E-state index contributed by atoms with van der Waals surface area (Å²) in [4.78, 5) is 0. The van der Waals surface area contributed by atoms with Crippen molar-refractivity contribution >= 4 is 19.0 Å². The van der Waals surface area contributed by atoms with Gasteiger partial charge in [-0.15, -0.1) is 0 Å². The van der Waals surface area contributed by atoms with Crippen molar-refractivity contribution in [1.29, 1.82) is 5.26 Å². The van der Waals surface area contributed by atoms with E-state index in [0.717, 1.165) is 11.1 Å². The Balaban J connectivity index is 2.80. The fraction of sp³-hybridized carbons (Fsp3) is 0. The first-order valence-electron chi connectivity index (χ1n) is 3.66. The second-order valence-electron chi connectivity index (χ2n) is 2.67. The molecule has 0 unspecified atom stereocenters. The van der Waals surface area contributed by atoms with Crippen molar-refractivity contribution in [3.8, 4) is 6.07 Å². The van der Waals surface area contributed by atoms with Gasteiger partial charge in [-0.3, -0.25) is 0 Å². The monoisotopic (exact) mass is 155 g/mol. The summed E-state index contributed by atoms with van der Waals surface area (Å²) in [5.74, 6) is 0. The van der Waals surface area contributed by atoms with Crippen molar-refractivity contribution in [2.75, 3.05) is 0 Å². The Labute approximate surface area is 70.6 Å². The Morgan fingerprint density at radius 3 is 3.08 bits per heavy atom. The Kier molecular flexibility index (Phi) is 1.37. The molecule has 0 N–H and O–H groups in total. The van der Waals surface area contributed by atoms with Crippen LogP contribution in [0.4, 0.5) is 0 Å². The molecule has 0 aliphatic carbocycles. The van der Waals surface area contributed by atoms with Crippen LogP contribution in [-0.4, -0.2) is 17.5 Å². The third kappa shape index (κ3) is 0.875. The van der Waals surface area contributed by atoms with Crippen molar-refractivity contribution in [3.63, 3.8) is 0 Å². The van der Waals surface area contributed by atoms with Gasteiger partial charge in [0.2, 0.25) is 0 Å². The lowest BCUT2D eigenvalue weighted by molar-refractivity contribution is 0.962. The Hall–Kier alpha value is -1.76. The largest absolute Gasteiger partial charge is 0.248 e. The second kappa shape index (κ2) is 2.38. The first-order chi connectivity index (χ1) is 5.81. The molecule has 0 aliphatic heterocycles. The molecule has 0 spiro atoms. The molecule has 0 bridgehead atoms. The van der Waals surface area contributed by atoms with Crippen LogP contribution in [0.15, 0.2) is 24.4 Å². The van der Waals surface area contributed by atoms with Crippen molar-refractivity contribution in [2.45, 2.75) is 0 Å². The standard InChI is InChI=1S/C8H6BN3/c9-8-2-1-7-3-6(4-10)5-11-12(7)8/h1-3,5H,9H2. The number of hydrogen-bond acceptors (Lipinski definition) is 2. The number of nitriles is 1. The molecular weight excluding hydrogens is 149 g/mol. The zero-order valence-electron chi connectivity index (χ0n) is 6.65. The molecule has 56 valence electrons. The van der Waals surface area contributed by atoms with Gasteiger partial charge in [0.05, 0.1) is 17.3 Å². The molecule has 2 aromatic rings. The second-order valence-corrected chi connectivity index (χ2v) is 2.67. The topological polar surface area (TPSA) is 41.1 Å². The van der Waals surface area contributed by atoms with Crippen molar-refractivity contribution in [2.24, 2.45) is 0 Å². The first kappa shape index (κ1) is 6.92. The summed E-state index contributed by atoms with van der Waals surface area (Å²) in [7, 11) is 1.98. The molecule has 0 saturated heterocycles. The third-order valence-corrected chi connectivity index (χ3v) is 1.82. The number of rotatable bonds is 0. The normalized spacial score (nSPS) is 9.92. The van der Waals surface area contributed by atoms with Crippen LogP contribution in [0.5, 0.6) is 0 Å². The minimum atomic E-state index is 0.598. The number of nitrogens with zero attached hydrogens (tertiary/aromatic N) is 3. The zero-order valence-corrected chi connectivity index (χ0v) is 6.65. The van der Waals surface area contributed by atoms with Gasteiger partial charge in [0.25, 0.3) is 0 Å². The van der Waals surface area contributed by atoms with Crippen molar-refractivity contribution < 1.29 is 0 Å². The molecule has 0 radical (unpaired) electrons. The van der Waals surface area contributed by atoms with E-state index in [2.05, 4.69) is 11.2 Å². The minimum Gasteiger partial charge on any atom is -0.248 e. The molecule has 0 aliphatic rings. The van der Waals surface area contributed by atoms with E-state index in [9.17, 15) is 0 Å². The molecule has 2 heterocycles. The highest BCUT2D eigenvalue weighted by atomic mass is 15.2. The Morgan fingerprint density at radius 1 is 1.50 bits per heavy atom. The summed E-state index contributed by atoms with van der Waals surface area (Å²) >= 11 is 0. The van der Waals surface area contributed by atoms with Crippen LogP contribution < -0.4 is 5.59 Å². The quantitative estimate of drug-likeness (QED) is 0.479. The highest BCUT2D eigenvalue weighted by Gasteiger charge is 1.98. The number of aromatic nitrogens is 2. The van der Waals surface area contributed by atoms with Gasteiger partial charge < -0.3 is 0 Å². The highest BCUT2D eigenvalue weighted by Crippen LogP contribution is 2.02. The summed E-state index contributed by atoms with van der Waals surface area (Å²) in [6, 6.07) is 7.80. The maximum Gasteiger partial charge on any atom is 0.164 e. The van der Waals surface area contributed by atoms with Crippen LogP contribution in [0.1, 0.15) is 5.56 Å². The molecule has 0 fully saturated rings. The van der Waals surface area contributed by atoms with Crippen LogP contribution in [0.3, 0.4) is 0 Å². The number of hydrogen-bond donors (Lipinski definition) is 0. The van der Waals surface area contributed by atoms with Crippen molar-refractivity contribution in [1.82, 2.24) is 9.61 Å². The fourth-order valence-electron chi connectivity index (χ4n) is 1.20. The van der Waals surface area contributed by atoms with E-state index in [4.69, 9.17) is 5.26 Å². The zero-order chi connectivity index (χ0) is 8.55. The van der Waals surface area contributed by atoms with Crippen molar-refractivity contribution in [3.05, 3.63) is 30.0 Å². The molecule has 0 amide bonds. The van der Waals surface area contributed by atoms with Gasteiger partial charge >= 0.3 is 0 Å². The summed E-state index contributed by atoms with van der Waals surface area (Å²) in [6.45, 7) is 0. The average Bonchev–Trinajstić information content (AvgIpc) is 2.47. The minimum absolute atomic E-state index is 0.598. The smallest absolute Gasteiger partial charge is 0.164 e. The van der Waals surface area contributed by atoms with Gasteiger partial charge in [0.1, 0.15) is 6.07 Å². The SMILES string of the molecule is Bc1ccc2cc(C#N)cnn12.